The molecule has 2 aromatic rings. The molecule has 0 aliphatic carbocycles. The van der Waals surface area contributed by atoms with Gasteiger partial charge in [0.25, 0.3) is 0 Å². The summed E-state index contributed by atoms with van der Waals surface area (Å²) in [4.78, 5) is 3.26. The van der Waals surface area contributed by atoms with E-state index in [0.29, 0.717) is 0 Å². The van der Waals surface area contributed by atoms with Gasteiger partial charge in [0.05, 0.1) is 0 Å². The predicted molar refractivity (Wildman–Crippen MR) is 79.1 cm³/mol. The molecular formula is C15H27N. The highest BCUT2D eigenvalue weighted by Crippen LogP contribution is 2.12. The summed E-state index contributed by atoms with van der Waals surface area (Å²) >= 11 is 0. The molecule has 2 rings (SSSR count). The molecule has 0 saturated heterocycles. The lowest BCUT2D eigenvalue weighted by molar-refractivity contribution is 1.30. The summed E-state index contributed by atoms with van der Waals surface area (Å²) in [6.07, 6.45) is 0. The number of aromatic nitrogens is 1. The fourth-order valence-corrected chi connectivity index (χ4v) is 1.22. The Balaban J connectivity index is -0.000000248. The molecule has 1 aromatic carbocycles. The Morgan fingerprint density at radius 1 is 1.00 bits per heavy atom. The third-order valence-corrected chi connectivity index (χ3v) is 1.66. The smallest absolute Gasteiger partial charge is 0.0455 e. The van der Waals surface area contributed by atoms with Crippen molar-refractivity contribution in [1.29, 1.82) is 0 Å². The van der Waals surface area contributed by atoms with E-state index in [9.17, 15) is 0 Å². The van der Waals surface area contributed by atoms with Gasteiger partial charge < -0.3 is 4.98 Å². The number of fused-ring (bicyclic) bond motifs is 1. The summed E-state index contributed by atoms with van der Waals surface area (Å²) < 4.78 is 0. The quantitative estimate of drug-likeness (QED) is 0.559. The van der Waals surface area contributed by atoms with Gasteiger partial charge in [0.15, 0.2) is 0 Å². The molecule has 92 valence electrons. The zero-order valence-corrected chi connectivity index (χ0v) is 11.3. The minimum absolute atomic E-state index is 0. The van der Waals surface area contributed by atoms with Crippen LogP contribution in [-0.4, -0.2) is 4.98 Å². The molecule has 0 aliphatic rings. The van der Waals surface area contributed by atoms with Gasteiger partial charge in [-0.2, -0.15) is 0 Å². The second-order valence-corrected chi connectivity index (χ2v) is 2.54. The average Bonchev–Trinajstić information content (AvgIpc) is 2.76. The van der Waals surface area contributed by atoms with Crippen LogP contribution in [0.5, 0.6) is 0 Å². The van der Waals surface area contributed by atoms with Crippen LogP contribution >= 0.6 is 0 Å². The maximum atomic E-state index is 3.26. The highest BCUT2D eigenvalue weighted by Gasteiger charge is 1.92. The van der Waals surface area contributed by atoms with Crippen molar-refractivity contribution in [1.82, 2.24) is 4.98 Å². The van der Waals surface area contributed by atoms with Gasteiger partial charge in [0, 0.05) is 12.6 Å². The van der Waals surface area contributed by atoms with E-state index in [4.69, 9.17) is 0 Å². The fraction of sp³-hybridized carbons (Fsp3) is 0.333. The van der Waals surface area contributed by atoms with Crippen LogP contribution in [0.2, 0.25) is 0 Å². The number of hydrogen-bond acceptors (Lipinski definition) is 0. The van der Waals surface area contributed by atoms with Crippen molar-refractivity contribution in [2.24, 2.45) is 0 Å². The van der Waals surface area contributed by atoms with Crippen molar-refractivity contribution in [3.63, 3.8) is 0 Å². The second-order valence-electron chi connectivity index (χ2n) is 2.54. The normalized spacial score (nSPS) is 7.56. The number of rotatable bonds is 0. The molecule has 0 saturated carbocycles. The molecule has 1 nitrogen and oxygen atoms in total. The molecule has 16 heavy (non-hydrogen) atoms. The monoisotopic (exact) mass is 221 g/mol. The average molecular weight is 221 g/mol. The van der Waals surface area contributed by atoms with Crippen LogP contribution in [0.25, 0.3) is 10.9 Å². The van der Waals surface area contributed by atoms with Gasteiger partial charge in [-0.15, -0.1) is 13.2 Å². The highest BCUT2D eigenvalue weighted by molar-refractivity contribution is 5.79. The van der Waals surface area contributed by atoms with Crippen LogP contribution in [-0.2, 0) is 0 Å². The lowest BCUT2D eigenvalue weighted by Crippen LogP contribution is -1.65. The maximum Gasteiger partial charge on any atom is 0.0455 e. The Morgan fingerprint density at radius 2 is 1.50 bits per heavy atom. The molecule has 1 heterocycles. The Hall–Kier alpha value is -1.50. The van der Waals surface area contributed by atoms with Gasteiger partial charge in [0.1, 0.15) is 0 Å². The summed E-state index contributed by atoms with van der Waals surface area (Å²) in [5.41, 5.74) is 2.45. The van der Waals surface area contributed by atoms with Crippen LogP contribution < -0.4 is 0 Å². The predicted octanol–water partition coefficient (Wildman–Crippen LogP) is 5.58. The van der Waals surface area contributed by atoms with Crippen LogP contribution in [0.4, 0.5) is 0 Å². The van der Waals surface area contributed by atoms with E-state index in [0.717, 1.165) is 0 Å². The van der Waals surface area contributed by atoms with Crippen molar-refractivity contribution < 1.29 is 1.43 Å². The van der Waals surface area contributed by atoms with Crippen molar-refractivity contribution in [2.75, 3.05) is 0 Å². The lowest BCUT2D eigenvalue weighted by atomic mass is 10.2. The minimum Gasteiger partial charge on any atom is -0.359 e. The Labute approximate surface area is 102 Å². The third kappa shape index (κ3) is 5.40. The van der Waals surface area contributed by atoms with E-state index in [2.05, 4.69) is 49.3 Å². The molecular weight excluding hydrogens is 194 g/mol. The summed E-state index contributed by atoms with van der Waals surface area (Å²) in [7, 11) is 0. The summed E-state index contributed by atoms with van der Waals surface area (Å²) in [6, 6.07) is 10.4. The molecule has 1 N–H and O–H groups in total. The molecule has 0 amide bonds. The minimum atomic E-state index is 0. The molecule has 0 bridgehead atoms. The van der Waals surface area contributed by atoms with Crippen molar-refractivity contribution in [3.05, 3.63) is 49.2 Å². The molecule has 0 atom stereocenters. The number of aromatic amines is 1. The molecule has 0 aliphatic heterocycles. The largest absolute Gasteiger partial charge is 0.359 e. The van der Waals surface area contributed by atoms with E-state index < -0.39 is 0 Å². The summed E-state index contributed by atoms with van der Waals surface area (Å²) in [6.45, 7) is 16.1. The molecule has 0 spiro atoms. The molecule has 0 unspecified atom stereocenters. The second kappa shape index (κ2) is 11.6. The SMILES string of the molecule is C=C.CC.CC.Cc1cc2ccccc2[nH]1.[HH]. The zero-order valence-electron chi connectivity index (χ0n) is 11.3. The Kier molecular flexibility index (Phi) is 12.2. The van der Waals surface area contributed by atoms with E-state index in [1.165, 1.54) is 16.6 Å². The first-order valence-electron chi connectivity index (χ1n) is 5.90. The van der Waals surface area contributed by atoms with Gasteiger partial charge >= 0.3 is 0 Å². The topological polar surface area (TPSA) is 15.8 Å². The van der Waals surface area contributed by atoms with Crippen molar-refractivity contribution >= 4 is 10.9 Å². The third-order valence-electron chi connectivity index (χ3n) is 1.66. The lowest BCUT2D eigenvalue weighted by Gasteiger charge is -1.83. The van der Waals surface area contributed by atoms with Crippen LogP contribution in [0, 0.1) is 6.92 Å². The standard InChI is InChI=1S/C9H9N.2C2H6.C2H4.H2/c1-7-6-8-4-2-3-5-9(8)10-7;3*1-2;/h2-6,10H,1H3;2*1-2H3;1-2H2;1H. The Morgan fingerprint density at radius 3 is 2.00 bits per heavy atom. The number of hydrogen-bond donors (Lipinski definition) is 1. The maximum absolute atomic E-state index is 3.26. The van der Waals surface area contributed by atoms with Crippen molar-refractivity contribution in [3.8, 4) is 0 Å². The summed E-state index contributed by atoms with van der Waals surface area (Å²) in [5.74, 6) is 0. The van der Waals surface area contributed by atoms with Crippen molar-refractivity contribution in [2.45, 2.75) is 34.6 Å². The first-order valence-corrected chi connectivity index (χ1v) is 5.90. The van der Waals surface area contributed by atoms with E-state index in [1.807, 2.05) is 33.8 Å². The number of aryl methyl sites for hydroxylation is 1. The van der Waals surface area contributed by atoms with Crippen LogP contribution in [0.15, 0.2) is 43.5 Å². The van der Waals surface area contributed by atoms with Crippen LogP contribution in [0.1, 0.15) is 34.8 Å². The molecule has 0 fully saturated rings. The number of nitrogens with one attached hydrogen (secondary N) is 1. The number of benzene rings is 1. The van der Waals surface area contributed by atoms with Crippen LogP contribution in [0.3, 0.4) is 0 Å². The first kappa shape index (κ1) is 16.9. The van der Waals surface area contributed by atoms with E-state index in [-0.39, 0.29) is 1.43 Å². The van der Waals surface area contributed by atoms with Gasteiger partial charge in [-0.1, -0.05) is 45.9 Å². The van der Waals surface area contributed by atoms with Gasteiger partial charge in [-0.3, -0.25) is 0 Å². The highest BCUT2D eigenvalue weighted by atomic mass is 14.7. The van der Waals surface area contributed by atoms with E-state index >= 15 is 0 Å². The zero-order chi connectivity index (χ0) is 13.0. The Bertz CT molecular complexity index is 333. The van der Waals surface area contributed by atoms with Gasteiger partial charge in [-0.05, 0) is 24.4 Å². The first-order chi connectivity index (χ1) is 7.86. The van der Waals surface area contributed by atoms with Gasteiger partial charge in [0.2, 0.25) is 0 Å². The number of para-hydroxylation sites is 1. The molecule has 1 aromatic heterocycles. The molecule has 1 heteroatoms. The number of H-pyrrole nitrogens is 1. The molecule has 0 radical (unpaired) electrons. The fourth-order valence-electron chi connectivity index (χ4n) is 1.22. The van der Waals surface area contributed by atoms with Gasteiger partial charge in [-0.25, -0.2) is 0 Å². The summed E-state index contributed by atoms with van der Waals surface area (Å²) in [5, 5.41) is 1.29. The van der Waals surface area contributed by atoms with E-state index in [1.54, 1.807) is 0 Å².